The highest BCUT2D eigenvalue weighted by molar-refractivity contribution is 5.98. The molecule has 2 heterocycles. The number of hydrogen-bond donors (Lipinski definition) is 0. The van der Waals surface area contributed by atoms with Crippen molar-refractivity contribution in [1.82, 2.24) is 9.80 Å². The lowest BCUT2D eigenvalue weighted by molar-refractivity contribution is -0.138. The third-order valence-corrected chi connectivity index (χ3v) is 4.79. The lowest BCUT2D eigenvalue weighted by Gasteiger charge is -2.32. The quantitative estimate of drug-likeness (QED) is 0.847. The van der Waals surface area contributed by atoms with Crippen LogP contribution in [-0.4, -0.2) is 49.1 Å². The zero-order valence-corrected chi connectivity index (χ0v) is 13.8. The molecule has 7 heteroatoms. The Balaban J connectivity index is 1.91. The fraction of sp³-hybridized carbons (Fsp3) is 0.588. The van der Waals surface area contributed by atoms with Crippen LogP contribution in [0, 0.1) is 0 Å². The summed E-state index contributed by atoms with van der Waals surface area (Å²) in [6.07, 6.45) is -2.42. The van der Waals surface area contributed by atoms with Crippen LogP contribution in [0.5, 0.6) is 0 Å². The minimum absolute atomic E-state index is 0.0127. The Morgan fingerprint density at radius 2 is 2.08 bits per heavy atom. The Labute approximate surface area is 139 Å². The number of rotatable bonds is 3. The van der Waals surface area contributed by atoms with Gasteiger partial charge in [0, 0.05) is 39.4 Å². The van der Waals surface area contributed by atoms with Crippen molar-refractivity contribution in [3.63, 3.8) is 0 Å². The highest BCUT2D eigenvalue weighted by atomic mass is 19.4. The maximum atomic E-state index is 13.4. The van der Waals surface area contributed by atoms with Crippen LogP contribution in [0.4, 0.5) is 13.2 Å². The molecule has 4 nitrogen and oxygen atoms in total. The van der Waals surface area contributed by atoms with Gasteiger partial charge in [0.1, 0.15) is 0 Å². The van der Waals surface area contributed by atoms with Gasteiger partial charge in [0.05, 0.1) is 11.7 Å². The molecular weight excluding hydrogens is 321 g/mol. The average molecular weight is 342 g/mol. The lowest BCUT2D eigenvalue weighted by atomic mass is 9.98. The van der Waals surface area contributed by atoms with Gasteiger partial charge in [0.15, 0.2) is 0 Å². The number of piperidine rings is 1. The van der Waals surface area contributed by atoms with Crippen LogP contribution in [0.15, 0.2) is 12.1 Å². The molecule has 1 aromatic carbocycles. The van der Waals surface area contributed by atoms with E-state index in [2.05, 4.69) is 4.90 Å². The zero-order valence-electron chi connectivity index (χ0n) is 13.8. The van der Waals surface area contributed by atoms with Crippen molar-refractivity contribution >= 4 is 5.91 Å². The molecule has 0 spiro atoms. The number of nitrogens with zero attached hydrogens (tertiary/aromatic N) is 2. The fourth-order valence-electron chi connectivity index (χ4n) is 3.56. The number of halogens is 3. The van der Waals surface area contributed by atoms with Gasteiger partial charge in [-0.3, -0.25) is 9.69 Å². The van der Waals surface area contributed by atoms with Gasteiger partial charge in [0.25, 0.3) is 5.91 Å². The molecule has 1 amide bonds. The zero-order chi connectivity index (χ0) is 17.5. The SMILES string of the molecule is COC1CCCN(Cc2cc3c(c(C(F)(F)F)c2)CN(C)C3=O)C1. The number of carbonyl (C=O) groups excluding carboxylic acids is 1. The number of carbonyl (C=O) groups is 1. The van der Waals surface area contributed by atoms with E-state index < -0.39 is 11.7 Å². The van der Waals surface area contributed by atoms with Crippen molar-refractivity contribution in [3.8, 4) is 0 Å². The predicted octanol–water partition coefficient (Wildman–Crippen LogP) is 2.90. The van der Waals surface area contributed by atoms with E-state index in [0.29, 0.717) is 18.7 Å². The van der Waals surface area contributed by atoms with Crippen LogP contribution in [0.25, 0.3) is 0 Å². The number of likely N-dealkylation sites (tertiary alicyclic amines) is 1. The van der Waals surface area contributed by atoms with Crippen molar-refractivity contribution < 1.29 is 22.7 Å². The first-order chi connectivity index (χ1) is 11.3. The third kappa shape index (κ3) is 3.28. The number of hydrogen-bond acceptors (Lipinski definition) is 3. The summed E-state index contributed by atoms with van der Waals surface area (Å²) in [4.78, 5) is 15.6. The second-order valence-corrected chi connectivity index (χ2v) is 6.56. The van der Waals surface area contributed by atoms with E-state index in [9.17, 15) is 18.0 Å². The number of methoxy groups -OCH3 is 1. The highest BCUT2D eigenvalue weighted by Gasteiger charge is 2.39. The van der Waals surface area contributed by atoms with E-state index in [-0.39, 0.29) is 29.7 Å². The first-order valence-corrected chi connectivity index (χ1v) is 8.03. The van der Waals surface area contributed by atoms with Crippen molar-refractivity contribution in [2.24, 2.45) is 0 Å². The van der Waals surface area contributed by atoms with Gasteiger partial charge in [-0.05, 0) is 42.6 Å². The molecule has 1 unspecified atom stereocenters. The summed E-state index contributed by atoms with van der Waals surface area (Å²) in [7, 11) is 3.18. The Morgan fingerprint density at radius 3 is 2.75 bits per heavy atom. The molecule has 0 aliphatic carbocycles. The second kappa shape index (κ2) is 6.37. The highest BCUT2D eigenvalue weighted by Crippen LogP contribution is 2.38. The first kappa shape index (κ1) is 17.2. The van der Waals surface area contributed by atoms with Crippen LogP contribution in [0.1, 0.15) is 39.9 Å². The molecule has 1 fully saturated rings. The molecule has 0 bridgehead atoms. The van der Waals surface area contributed by atoms with Gasteiger partial charge in [-0.2, -0.15) is 13.2 Å². The Morgan fingerprint density at radius 1 is 1.33 bits per heavy atom. The molecule has 1 aromatic rings. The molecule has 132 valence electrons. The summed E-state index contributed by atoms with van der Waals surface area (Å²) in [5.74, 6) is -0.342. The summed E-state index contributed by atoms with van der Waals surface area (Å²) in [6, 6.07) is 2.81. The summed E-state index contributed by atoms with van der Waals surface area (Å²) >= 11 is 0. The molecule has 0 saturated carbocycles. The van der Waals surface area contributed by atoms with Gasteiger partial charge in [0.2, 0.25) is 0 Å². The normalized spacial score (nSPS) is 22.1. The fourth-order valence-corrected chi connectivity index (χ4v) is 3.56. The van der Waals surface area contributed by atoms with Crippen LogP contribution in [0.3, 0.4) is 0 Å². The van der Waals surface area contributed by atoms with E-state index in [0.717, 1.165) is 19.4 Å². The van der Waals surface area contributed by atoms with Crippen molar-refractivity contribution in [1.29, 1.82) is 0 Å². The average Bonchev–Trinajstić information content (AvgIpc) is 2.81. The molecular formula is C17H21F3N2O2. The van der Waals surface area contributed by atoms with E-state index in [1.165, 1.54) is 18.0 Å². The van der Waals surface area contributed by atoms with Crippen molar-refractivity contribution in [3.05, 3.63) is 34.4 Å². The molecule has 0 radical (unpaired) electrons. The molecule has 2 aliphatic heterocycles. The predicted molar refractivity (Wildman–Crippen MR) is 82.5 cm³/mol. The summed E-state index contributed by atoms with van der Waals surface area (Å²) < 4.78 is 45.6. The van der Waals surface area contributed by atoms with Crippen molar-refractivity contribution in [2.75, 3.05) is 27.2 Å². The second-order valence-electron chi connectivity index (χ2n) is 6.56. The molecule has 3 rings (SSSR count). The Hall–Kier alpha value is -1.60. The van der Waals surface area contributed by atoms with Crippen molar-refractivity contribution in [2.45, 2.75) is 38.2 Å². The molecule has 24 heavy (non-hydrogen) atoms. The number of amides is 1. The maximum Gasteiger partial charge on any atom is 0.416 e. The molecule has 1 saturated heterocycles. The minimum atomic E-state index is -4.46. The smallest absolute Gasteiger partial charge is 0.380 e. The largest absolute Gasteiger partial charge is 0.416 e. The standard InChI is InChI=1S/C17H21F3N2O2/c1-21-10-14-13(16(21)23)6-11(7-15(14)17(18,19)20)8-22-5-3-4-12(9-22)24-2/h6-7,12H,3-5,8-10H2,1-2H3. The van der Waals surface area contributed by atoms with Crippen LogP contribution in [0.2, 0.25) is 0 Å². The van der Waals surface area contributed by atoms with E-state index in [1.807, 2.05) is 0 Å². The number of ether oxygens (including phenoxy) is 1. The monoisotopic (exact) mass is 342 g/mol. The van der Waals surface area contributed by atoms with Crippen LogP contribution >= 0.6 is 0 Å². The number of alkyl halides is 3. The van der Waals surface area contributed by atoms with Gasteiger partial charge in [-0.1, -0.05) is 0 Å². The lowest BCUT2D eigenvalue weighted by Crippen LogP contribution is -2.38. The van der Waals surface area contributed by atoms with E-state index >= 15 is 0 Å². The summed E-state index contributed by atoms with van der Waals surface area (Å²) in [5, 5.41) is 0. The van der Waals surface area contributed by atoms with Gasteiger partial charge in [-0.15, -0.1) is 0 Å². The summed E-state index contributed by atoms with van der Waals surface area (Å²) in [5.41, 5.74) is 0.115. The number of fused-ring (bicyclic) bond motifs is 1. The van der Waals surface area contributed by atoms with Gasteiger partial charge in [-0.25, -0.2) is 0 Å². The Bertz CT molecular complexity index is 645. The minimum Gasteiger partial charge on any atom is -0.380 e. The molecule has 1 atom stereocenters. The van der Waals surface area contributed by atoms with E-state index in [4.69, 9.17) is 4.74 Å². The van der Waals surface area contributed by atoms with Crippen LogP contribution in [-0.2, 0) is 24.0 Å². The third-order valence-electron chi connectivity index (χ3n) is 4.79. The first-order valence-electron chi connectivity index (χ1n) is 8.03. The van der Waals surface area contributed by atoms with Crippen LogP contribution < -0.4 is 0 Å². The van der Waals surface area contributed by atoms with E-state index in [1.54, 1.807) is 13.2 Å². The molecule has 0 N–H and O–H groups in total. The van der Waals surface area contributed by atoms with Gasteiger partial charge >= 0.3 is 6.18 Å². The molecule has 0 aromatic heterocycles. The topological polar surface area (TPSA) is 32.8 Å². The summed E-state index contributed by atoms with van der Waals surface area (Å²) in [6.45, 7) is 1.93. The number of benzene rings is 1. The Kier molecular flexibility index (Phi) is 4.57. The van der Waals surface area contributed by atoms with Gasteiger partial charge < -0.3 is 9.64 Å². The molecule has 2 aliphatic rings. The maximum absolute atomic E-state index is 13.4.